The predicted octanol–water partition coefficient (Wildman–Crippen LogP) is 3.25. The van der Waals surface area contributed by atoms with Crippen LogP contribution in [-0.4, -0.2) is 30.3 Å². The Bertz CT molecular complexity index is 1260. The summed E-state index contributed by atoms with van der Waals surface area (Å²) in [6.07, 6.45) is 0. The second kappa shape index (κ2) is 5.54. The Balaban J connectivity index is 1.99. The molecule has 5 rings (SSSR count). The van der Waals surface area contributed by atoms with Gasteiger partial charge in [-0.3, -0.25) is 14.4 Å². The number of carbonyl (C=O) groups is 2. The molecule has 2 amide bonds. The molecule has 0 N–H and O–H groups in total. The number of benzene rings is 2. The van der Waals surface area contributed by atoms with Gasteiger partial charge in [-0.2, -0.15) is 0 Å². The summed E-state index contributed by atoms with van der Waals surface area (Å²) in [4.78, 5) is 43.3. The number of likely N-dealkylation sites (N-methyl/N-ethyl adjacent to an activating group) is 2. The van der Waals surface area contributed by atoms with E-state index in [1.165, 1.54) is 9.80 Å². The van der Waals surface area contributed by atoms with Crippen LogP contribution in [0, 0.1) is 0 Å². The molecule has 1 atom stereocenters. The molecule has 0 saturated heterocycles. The van der Waals surface area contributed by atoms with E-state index in [9.17, 15) is 14.4 Å². The van der Waals surface area contributed by atoms with Crippen LogP contribution >= 0.6 is 15.9 Å². The average molecular weight is 439 g/mol. The van der Waals surface area contributed by atoms with Crippen molar-refractivity contribution >= 4 is 44.4 Å². The van der Waals surface area contributed by atoms with E-state index in [1.54, 1.807) is 38.2 Å². The molecule has 2 aliphatic rings. The number of anilines is 1. The van der Waals surface area contributed by atoms with Gasteiger partial charge < -0.3 is 14.2 Å². The van der Waals surface area contributed by atoms with E-state index in [1.807, 2.05) is 18.2 Å². The maximum absolute atomic E-state index is 13.6. The fourth-order valence-electron chi connectivity index (χ4n) is 4.48. The highest BCUT2D eigenvalue weighted by Gasteiger charge is 2.64. The van der Waals surface area contributed by atoms with Crippen molar-refractivity contribution in [3.05, 3.63) is 74.0 Å². The van der Waals surface area contributed by atoms with Crippen LogP contribution in [0.25, 0.3) is 11.0 Å². The lowest BCUT2D eigenvalue weighted by Gasteiger charge is -2.33. The lowest BCUT2D eigenvalue weighted by Crippen LogP contribution is -2.52. The summed E-state index contributed by atoms with van der Waals surface area (Å²) in [6, 6.07) is 12.3. The number of nitrogens with zero attached hydrogens (tertiary/aromatic N) is 2. The maximum atomic E-state index is 13.6. The Kier molecular flexibility index (Phi) is 3.40. The van der Waals surface area contributed by atoms with Crippen molar-refractivity contribution in [2.24, 2.45) is 0 Å². The molecule has 6 nitrogen and oxygen atoms in total. The molecular weight excluding hydrogens is 424 g/mol. The Labute approximate surface area is 168 Å². The lowest BCUT2D eigenvalue weighted by atomic mass is 9.84. The van der Waals surface area contributed by atoms with Crippen LogP contribution in [0.1, 0.15) is 28.6 Å². The summed E-state index contributed by atoms with van der Waals surface area (Å²) in [5, 5.41) is 0.332. The maximum Gasteiger partial charge on any atom is 0.291 e. The van der Waals surface area contributed by atoms with Crippen molar-refractivity contribution in [3.63, 3.8) is 0 Å². The van der Waals surface area contributed by atoms with Gasteiger partial charge in [-0.15, -0.1) is 0 Å². The van der Waals surface area contributed by atoms with Gasteiger partial charge >= 0.3 is 0 Å². The molecule has 0 saturated carbocycles. The van der Waals surface area contributed by atoms with Crippen molar-refractivity contribution in [1.82, 2.24) is 4.90 Å². The summed E-state index contributed by atoms with van der Waals surface area (Å²) >= 11 is 3.37. The third-order valence-corrected chi connectivity index (χ3v) is 6.14. The monoisotopic (exact) mass is 438 g/mol. The fraction of sp³-hybridized carbons (Fsp3) is 0.190. The number of amides is 2. The van der Waals surface area contributed by atoms with Gasteiger partial charge in [-0.1, -0.05) is 34.1 Å². The lowest BCUT2D eigenvalue weighted by molar-refractivity contribution is -0.125. The summed E-state index contributed by atoms with van der Waals surface area (Å²) in [5.74, 6) is -0.831. The topological polar surface area (TPSA) is 70.8 Å². The smallest absolute Gasteiger partial charge is 0.291 e. The molecule has 0 bridgehead atoms. The van der Waals surface area contributed by atoms with Crippen LogP contribution in [0.4, 0.5) is 5.69 Å². The fourth-order valence-corrected chi connectivity index (χ4v) is 4.84. The van der Waals surface area contributed by atoms with Gasteiger partial charge in [0, 0.05) is 29.3 Å². The van der Waals surface area contributed by atoms with Crippen LogP contribution in [0.15, 0.2) is 56.1 Å². The van der Waals surface area contributed by atoms with E-state index in [0.717, 1.165) is 0 Å². The summed E-state index contributed by atoms with van der Waals surface area (Å²) in [5.41, 5.74) is -0.130. The highest BCUT2D eigenvalue weighted by Crippen LogP contribution is 2.51. The van der Waals surface area contributed by atoms with Gasteiger partial charge in [-0.25, -0.2) is 0 Å². The van der Waals surface area contributed by atoms with Crippen LogP contribution in [-0.2, 0) is 10.3 Å². The van der Waals surface area contributed by atoms with Crippen LogP contribution < -0.4 is 10.3 Å². The first-order valence-corrected chi connectivity index (χ1v) is 9.68. The molecule has 0 radical (unpaired) electrons. The second-order valence-corrected chi connectivity index (χ2v) is 7.83. The Hall–Kier alpha value is -2.93. The summed E-state index contributed by atoms with van der Waals surface area (Å²) in [6.45, 7) is 2.05. The molecular formula is C21H15BrN2O4. The molecule has 1 aromatic heterocycles. The summed E-state index contributed by atoms with van der Waals surface area (Å²) < 4.78 is 6.60. The first-order chi connectivity index (χ1) is 13.4. The van der Waals surface area contributed by atoms with Gasteiger partial charge in [-0.05, 0) is 31.2 Å². The van der Waals surface area contributed by atoms with Gasteiger partial charge in [0.25, 0.3) is 11.8 Å². The van der Waals surface area contributed by atoms with E-state index in [-0.39, 0.29) is 29.2 Å². The van der Waals surface area contributed by atoms with Crippen molar-refractivity contribution in [2.45, 2.75) is 12.5 Å². The Morgan fingerprint density at radius 1 is 1.11 bits per heavy atom. The zero-order chi connectivity index (χ0) is 19.8. The predicted molar refractivity (Wildman–Crippen MR) is 108 cm³/mol. The molecule has 0 aliphatic carbocycles. The molecule has 1 unspecified atom stereocenters. The van der Waals surface area contributed by atoms with E-state index in [0.29, 0.717) is 26.7 Å². The number of para-hydroxylation sites is 1. The number of hydrogen-bond acceptors (Lipinski definition) is 4. The van der Waals surface area contributed by atoms with Gasteiger partial charge in [0.15, 0.2) is 11.0 Å². The molecule has 3 aromatic rings. The molecule has 7 heteroatoms. The zero-order valence-corrected chi connectivity index (χ0v) is 16.7. The number of fused-ring (bicyclic) bond motifs is 5. The van der Waals surface area contributed by atoms with Crippen LogP contribution in [0.5, 0.6) is 0 Å². The molecule has 3 heterocycles. The number of carbonyl (C=O) groups excluding carboxylic acids is 2. The highest BCUT2D eigenvalue weighted by molar-refractivity contribution is 9.10. The number of rotatable bonds is 1. The molecule has 28 heavy (non-hydrogen) atoms. The van der Waals surface area contributed by atoms with Crippen LogP contribution in [0.2, 0.25) is 0 Å². The van der Waals surface area contributed by atoms with Gasteiger partial charge in [0.1, 0.15) is 5.58 Å². The first kappa shape index (κ1) is 17.2. The minimum absolute atomic E-state index is 0.0554. The van der Waals surface area contributed by atoms with Gasteiger partial charge in [0.2, 0.25) is 5.76 Å². The summed E-state index contributed by atoms with van der Waals surface area (Å²) in [7, 11) is 1.66. The van der Waals surface area contributed by atoms with E-state index in [4.69, 9.17) is 4.42 Å². The average Bonchev–Trinajstić information content (AvgIpc) is 3.08. The van der Waals surface area contributed by atoms with E-state index >= 15 is 0 Å². The zero-order valence-electron chi connectivity index (χ0n) is 15.2. The van der Waals surface area contributed by atoms with Crippen LogP contribution in [0.3, 0.4) is 0 Å². The third kappa shape index (κ3) is 1.80. The Morgan fingerprint density at radius 2 is 1.86 bits per heavy atom. The first-order valence-electron chi connectivity index (χ1n) is 8.89. The largest absolute Gasteiger partial charge is 0.450 e. The molecule has 1 spiro atoms. The van der Waals surface area contributed by atoms with Gasteiger partial charge in [0.05, 0.1) is 10.9 Å². The van der Waals surface area contributed by atoms with E-state index in [2.05, 4.69) is 15.9 Å². The van der Waals surface area contributed by atoms with Crippen molar-refractivity contribution in [1.29, 1.82) is 0 Å². The van der Waals surface area contributed by atoms with E-state index < -0.39 is 11.4 Å². The molecule has 2 aliphatic heterocycles. The van der Waals surface area contributed by atoms with Crippen molar-refractivity contribution in [2.75, 3.05) is 18.5 Å². The third-order valence-electron chi connectivity index (χ3n) is 5.64. The molecule has 140 valence electrons. The quantitative estimate of drug-likeness (QED) is 0.584. The molecule has 2 aromatic carbocycles. The minimum atomic E-state index is -1.50. The SMILES string of the molecule is CCN1C(=O)c2oc3ccc(Br)cc3c(=O)c2C12C(=O)N(C)c1ccccc12. The number of hydrogen-bond donors (Lipinski definition) is 0. The van der Waals surface area contributed by atoms with Crippen molar-refractivity contribution < 1.29 is 14.0 Å². The normalized spacial score (nSPS) is 20.4. The second-order valence-electron chi connectivity index (χ2n) is 6.92. The Morgan fingerprint density at radius 3 is 2.61 bits per heavy atom. The van der Waals surface area contributed by atoms with Crippen molar-refractivity contribution in [3.8, 4) is 0 Å². The molecule has 0 fully saturated rings. The minimum Gasteiger partial charge on any atom is -0.450 e. The number of halogens is 1. The highest BCUT2D eigenvalue weighted by atomic mass is 79.9. The standard InChI is InChI=1S/C21H15BrN2O4/c1-3-24-19(26)18-16(17(25)12-10-11(22)8-9-15(12)28-18)21(24)13-6-4-5-7-14(13)23(2)20(21)27/h4-10H,3H2,1-2H3.